The Morgan fingerprint density at radius 2 is 2.00 bits per heavy atom. The van der Waals surface area contributed by atoms with Crippen molar-refractivity contribution in [3.8, 4) is 11.1 Å². The first-order chi connectivity index (χ1) is 21.6. The van der Waals surface area contributed by atoms with Crippen LogP contribution in [-0.4, -0.2) is 67.9 Å². The van der Waals surface area contributed by atoms with E-state index in [1.54, 1.807) is 57.4 Å². The van der Waals surface area contributed by atoms with Crippen molar-refractivity contribution in [2.45, 2.75) is 56.9 Å². The van der Waals surface area contributed by atoms with E-state index in [1.807, 2.05) is 6.92 Å². The molecule has 2 amide bonds. The Labute approximate surface area is 266 Å². The van der Waals surface area contributed by atoms with Crippen molar-refractivity contribution in [3.63, 3.8) is 0 Å². The number of benzene rings is 2. The van der Waals surface area contributed by atoms with Crippen LogP contribution >= 0.6 is 22.9 Å². The number of piperidine rings is 1. The first-order valence-corrected chi connectivity index (χ1v) is 16.1. The molecule has 3 atom stereocenters. The highest BCUT2D eigenvalue weighted by Gasteiger charge is 2.45. The van der Waals surface area contributed by atoms with Gasteiger partial charge < -0.3 is 9.47 Å². The normalized spacial score (nSPS) is 21.5. The number of hydrogen-bond donors (Lipinski definition) is 1. The molecule has 1 fully saturated rings. The van der Waals surface area contributed by atoms with Crippen molar-refractivity contribution in [2.24, 2.45) is 0 Å². The lowest BCUT2D eigenvalue weighted by Crippen LogP contribution is -2.47. The Bertz CT molecular complexity index is 1760. The van der Waals surface area contributed by atoms with Gasteiger partial charge in [-0.15, -0.1) is 11.3 Å². The highest BCUT2D eigenvalue weighted by molar-refractivity contribution is 7.13. The molecule has 2 aromatic heterocycles. The highest BCUT2D eigenvalue weighted by Crippen LogP contribution is 2.42. The lowest BCUT2D eigenvalue weighted by molar-refractivity contribution is -0.121. The summed E-state index contributed by atoms with van der Waals surface area (Å²) in [6, 6.07) is 9.32. The lowest BCUT2D eigenvalue weighted by Gasteiger charge is -2.38. The van der Waals surface area contributed by atoms with Crippen LogP contribution in [0.1, 0.15) is 58.2 Å². The van der Waals surface area contributed by atoms with E-state index in [9.17, 15) is 22.8 Å². The van der Waals surface area contributed by atoms with Crippen LogP contribution in [-0.2, 0) is 24.3 Å². The van der Waals surface area contributed by atoms with Gasteiger partial charge >= 0.3 is 0 Å². The number of aromatic nitrogens is 3. The monoisotopic (exact) mass is 654 g/mol. The molecule has 3 aliphatic heterocycles. The maximum atomic E-state index is 15.0. The van der Waals surface area contributed by atoms with Crippen molar-refractivity contribution in [1.29, 1.82) is 0 Å². The number of nitrogens with zero attached hydrogens (tertiary/aromatic N) is 5. The summed E-state index contributed by atoms with van der Waals surface area (Å²) in [5, 5.41) is 5.21. The molecule has 45 heavy (non-hydrogen) atoms. The molecule has 3 aliphatic rings. The quantitative estimate of drug-likeness (QED) is 0.252. The molecular formula is C32H30ClF3N6O2S. The van der Waals surface area contributed by atoms with E-state index in [4.69, 9.17) is 11.6 Å². The van der Waals surface area contributed by atoms with Crippen LogP contribution < -0.4 is 5.32 Å². The first-order valence-electron chi connectivity index (χ1n) is 14.8. The summed E-state index contributed by atoms with van der Waals surface area (Å²) in [5.74, 6) is -4.62. The van der Waals surface area contributed by atoms with Crippen molar-refractivity contribution < 1.29 is 22.8 Å². The van der Waals surface area contributed by atoms with Crippen molar-refractivity contribution in [2.75, 3.05) is 25.0 Å². The van der Waals surface area contributed by atoms with E-state index in [2.05, 4.69) is 15.3 Å². The minimum atomic E-state index is -2.83. The third-order valence-electron chi connectivity index (χ3n) is 9.06. The van der Waals surface area contributed by atoms with Gasteiger partial charge in [0.05, 0.1) is 31.0 Å². The van der Waals surface area contributed by atoms with Gasteiger partial charge in [0.25, 0.3) is 17.7 Å². The molecule has 0 spiro atoms. The number of carbonyl (C=O) groups is 2. The molecule has 1 saturated heterocycles. The van der Waals surface area contributed by atoms with Crippen LogP contribution in [0.5, 0.6) is 0 Å². The highest BCUT2D eigenvalue weighted by atomic mass is 35.5. The average molecular weight is 655 g/mol. The van der Waals surface area contributed by atoms with Crippen LogP contribution in [0.15, 0.2) is 54.3 Å². The molecule has 13 heteroatoms. The van der Waals surface area contributed by atoms with E-state index >= 15 is 0 Å². The SMILES string of the molecule is CCN1CCC(c2ccc(-c3cc(Cl)c4c(c3)C(=O)N(C(C(=O)Nc3nccs3)c3ncn5c3C[C@@H](F)C5)C4)cc2)C(F)(F)C1. The molecule has 0 radical (unpaired) electrons. The molecule has 2 aromatic carbocycles. The van der Waals surface area contributed by atoms with Crippen LogP contribution in [0.25, 0.3) is 11.1 Å². The van der Waals surface area contributed by atoms with Gasteiger partial charge in [0, 0.05) is 46.4 Å². The Morgan fingerprint density at radius 1 is 1.20 bits per heavy atom. The molecule has 0 bridgehead atoms. The first kappa shape index (κ1) is 29.9. The van der Waals surface area contributed by atoms with Crippen LogP contribution in [0.2, 0.25) is 5.02 Å². The van der Waals surface area contributed by atoms with E-state index in [0.29, 0.717) is 63.3 Å². The van der Waals surface area contributed by atoms with Crippen molar-refractivity contribution in [1.82, 2.24) is 24.3 Å². The number of rotatable bonds is 7. The second kappa shape index (κ2) is 11.6. The van der Waals surface area contributed by atoms with E-state index < -0.39 is 35.9 Å². The number of carbonyl (C=O) groups excluding carboxylic acids is 2. The fraction of sp³-hybridized carbons (Fsp3) is 0.375. The standard InChI is InChI=1S/C32H30ClF3N6O2S/c1-2-40-9-7-24(32(35,36)16-40)19-5-3-18(4-6-19)20-11-22-23(25(33)12-20)15-42(30(22)44)28(29(43)39-31-37-8-10-45-31)27-26-13-21(34)14-41(26)17-38-27/h3-6,8,10-12,17,21,24,28H,2,7,9,13-16H2,1H3,(H,37,39,43)/t21-,24?,28?/m1/s1. The number of nitrogens with one attached hydrogen (secondary N) is 1. The summed E-state index contributed by atoms with van der Waals surface area (Å²) in [6.07, 6.45) is 2.42. The molecule has 234 valence electrons. The van der Waals surface area contributed by atoms with Crippen molar-refractivity contribution in [3.05, 3.63) is 87.4 Å². The molecule has 0 aliphatic carbocycles. The smallest absolute Gasteiger partial charge is 0.267 e. The number of imidazole rings is 1. The molecule has 0 saturated carbocycles. The molecular weight excluding hydrogens is 625 g/mol. The Kier molecular flexibility index (Phi) is 7.69. The van der Waals surface area contributed by atoms with Gasteiger partial charge in [-0.2, -0.15) is 0 Å². The number of fused-ring (bicyclic) bond motifs is 2. The number of halogens is 4. The Balaban J connectivity index is 1.18. The summed E-state index contributed by atoms with van der Waals surface area (Å²) in [5.41, 5.74) is 3.75. The van der Waals surface area contributed by atoms with Crippen LogP contribution in [0.4, 0.5) is 18.3 Å². The van der Waals surface area contributed by atoms with Gasteiger partial charge in [-0.05, 0) is 48.3 Å². The number of hydrogen-bond acceptors (Lipinski definition) is 6. The fourth-order valence-corrected chi connectivity index (χ4v) is 7.56. The zero-order valence-electron chi connectivity index (χ0n) is 24.4. The minimum absolute atomic E-state index is 0.0546. The largest absolute Gasteiger partial charge is 0.331 e. The number of thiazole rings is 1. The third-order valence-corrected chi connectivity index (χ3v) is 10.1. The predicted octanol–water partition coefficient (Wildman–Crippen LogP) is 6.33. The number of likely N-dealkylation sites (tertiary alicyclic amines) is 1. The number of amides is 2. The van der Waals surface area contributed by atoms with Crippen LogP contribution in [0, 0.1) is 0 Å². The topological polar surface area (TPSA) is 83.4 Å². The number of alkyl halides is 3. The lowest BCUT2D eigenvalue weighted by atomic mass is 9.85. The van der Waals surface area contributed by atoms with Gasteiger partial charge in [0.15, 0.2) is 11.2 Å². The summed E-state index contributed by atoms with van der Waals surface area (Å²) in [4.78, 5) is 39.5. The summed E-state index contributed by atoms with van der Waals surface area (Å²) < 4.78 is 45.9. The van der Waals surface area contributed by atoms with Gasteiger partial charge in [-0.3, -0.25) is 19.8 Å². The molecule has 1 N–H and O–H groups in total. The Morgan fingerprint density at radius 3 is 2.71 bits per heavy atom. The molecule has 5 heterocycles. The van der Waals surface area contributed by atoms with Gasteiger partial charge in [0.1, 0.15) is 6.17 Å². The van der Waals surface area contributed by atoms with E-state index in [-0.39, 0.29) is 26.1 Å². The molecule has 8 nitrogen and oxygen atoms in total. The summed E-state index contributed by atoms with van der Waals surface area (Å²) in [6.45, 7) is 3.04. The zero-order chi connectivity index (χ0) is 31.5. The van der Waals surface area contributed by atoms with Crippen LogP contribution in [0.3, 0.4) is 0 Å². The van der Waals surface area contributed by atoms with Gasteiger partial charge in [-0.25, -0.2) is 23.1 Å². The average Bonchev–Trinajstić information content (AvgIpc) is 3.80. The summed E-state index contributed by atoms with van der Waals surface area (Å²) in [7, 11) is 0. The van der Waals surface area contributed by atoms with E-state index in [1.165, 1.54) is 22.6 Å². The van der Waals surface area contributed by atoms with Gasteiger partial charge in [-0.1, -0.05) is 42.8 Å². The van der Waals surface area contributed by atoms with Gasteiger partial charge in [0.2, 0.25) is 0 Å². The second-order valence-corrected chi connectivity index (χ2v) is 13.1. The maximum Gasteiger partial charge on any atom is 0.267 e. The predicted molar refractivity (Wildman–Crippen MR) is 165 cm³/mol. The maximum absolute atomic E-state index is 15.0. The molecule has 4 aromatic rings. The Hall–Kier alpha value is -3.74. The fourth-order valence-electron chi connectivity index (χ4n) is 6.75. The molecule has 7 rings (SSSR count). The zero-order valence-corrected chi connectivity index (χ0v) is 25.9. The molecule has 2 unspecified atom stereocenters. The number of anilines is 1. The summed E-state index contributed by atoms with van der Waals surface area (Å²) >= 11 is 7.99. The minimum Gasteiger partial charge on any atom is -0.331 e. The van der Waals surface area contributed by atoms with Crippen molar-refractivity contribution >= 4 is 39.9 Å². The van der Waals surface area contributed by atoms with E-state index in [0.717, 1.165) is 5.56 Å². The third kappa shape index (κ3) is 5.42. The second-order valence-electron chi connectivity index (χ2n) is 11.8.